The molecule has 1 heterocycles. The Kier molecular flexibility index (Phi) is 3.43. The van der Waals surface area contributed by atoms with Gasteiger partial charge in [0.2, 0.25) is 11.7 Å². The number of fused-ring (bicyclic) bond motifs is 3. The van der Waals surface area contributed by atoms with Crippen LogP contribution in [-0.2, 0) is 6.54 Å². The number of carbonyl (C=O) groups excluding carboxylic acids is 2. The van der Waals surface area contributed by atoms with E-state index in [4.69, 9.17) is 16.0 Å². The molecule has 0 unspecified atom stereocenters. The second-order valence-electron chi connectivity index (χ2n) is 5.35. The molecule has 0 saturated heterocycles. The number of anilines is 1. The van der Waals surface area contributed by atoms with E-state index in [0.717, 1.165) is 5.69 Å². The molecule has 0 spiro atoms. The van der Waals surface area contributed by atoms with Crippen molar-refractivity contribution in [1.29, 1.82) is 0 Å². The molecular weight excluding hydrogens is 328 g/mol. The van der Waals surface area contributed by atoms with Gasteiger partial charge in [-0.3, -0.25) is 9.59 Å². The minimum absolute atomic E-state index is 0.0756. The highest BCUT2D eigenvalue weighted by molar-refractivity contribution is 6.52. The normalized spacial score (nSPS) is 12.7. The quantitative estimate of drug-likeness (QED) is 0.731. The standard InChI is InChI=1S/C18H11ClN2O3/c19-10-5-7-11(8-6-10)20-9-14-21-15-17(23)16(22)12-3-1-2-4-13(12)18(15)24-14/h1-8,20H,9H2. The molecule has 2 aromatic carbocycles. The van der Waals surface area contributed by atoms with E-state index in [0.29, 0.717) is 27.8 Å². The SMILES string of the molecule is O=C1C(=O)c2nc(CNc3ccc(Cl)cc3)oc2-c2ccccc21. The van der Waals surface area contributed by atoms with Crippen molar-refractivity contribution in [2.24, 2.45) is 0 Å². The molecule has 1 N–H and O–H groups in total. The van der Waals surface area contributed by atoms with Crippen LogP contribution in [0.5, 0.6) is 0 Å². The fourth-order valence-electron chi connectivity index (χ4n) is 2.63. The molecule has 3 aromatic rings. The van der Waals surface area contributed by atoms with E-state index in [1.54, 1.807) is 36.4 Å². The van der Waals surface area contributed by atoms with Crippen LogP contribution in [0.25, 0.3) is 11.3 Å². The molecule has 0 aliphatic heterocycles. The van der Waals surface area contributed by atoms with Crippen molar-refractivity contribution in [3.8, 4) is 11.3 Å². The molecule has 6 heteroatoms. The summed E-state index contributed by atoms with van der Waals surface area (Å²) in [6.07, 6.45) is 0. The van der Waals surface area contributed by atoms with Crippen LogP contribution in [-0.4, -0.2) is 16.6 Å². The van der Waals surface area contributed by atoms with Crippen molar-refractivity contribution in [2.45, 2.75) is 6.54 Å². The Morgan fingerprint density at radius 1 is 0.958 bits per heavy atom. The lowest BCUT2D eigenvalue weighted by molar-refractivity contribution is 0.0812. The summed E-state index contributed by atoms with van der Waals surface area (Å²) in [5.41, 5.74) is 1.87. The Morgan fingerprint density at radius 3 is 2.42 bits per heavy atom. The number of carbonyl (C=O) groups is 2. The number of aromatic nitrogens is 1. The molecule has 118 valence electrons. The first-order valence-corrected chi connectivity index (χ1v) is 7.69. The Balaban J connectivity index is 1.65. The maximum atomic E-state index is 12.2. The predicted molar refractivity (Wildman–Crippen MR) is 89.4 cm³/mol. The molecule has 0 bridgehead atoms. The third-order valence-electron chi connectivity index (χ3n) is 3.80. The highest BCUT2D eigenvalue weighted by Gasteiger charge is 2.35. The number of nitrogens with zero attached hydrogens (tertiary/aromatic N) is 1. The zero-order valence-corrected chi connectivity index (χ0v) is 13.1. The molecule has 4 rings (SSSR count). The number of hydrogen-bond acceptors (Lipinski definition) is 5. The molecule has 5 nitrogen and oxygen atoms in total. The van der Waals surface area contributed by atoms with Crippen molar-refractivity contribution in [3.05, 3.63) is 70.7 Å². The summed E-state index contributed by atoms with van der Waals surface area (Å²) in [6, 6.07) is 14.1. The maximum Gasteiger partial charge on any atom is 0.255 e. The Hall–Kier alpha value is -2.92. The van der Waals surface area contributed by atoms with E-state index < -0.39 is 11.6 Å². The maximum absolute atomic E-state index is 12.2. The minimum Gasteiger partial charge on any atom is -0.438 e. The number of Topliss-reactive ketones (excluding diaryl/α,β-unsaturated/α-hetero) is 2. The largest absolute Gasteiger partial charge is 0.438 e. The number of halogens is 1. The number of hydrogen-bond donors (Lipinski definition) is 1. The van der Waals surface area contributed by atoms with Crippen molar-refractivity contribution >= 4 is 28.9 Å². The van der Waals surface area contributed by atoms with Gasteiger partial charge in [0.1, 0.15) is 0 Å². The van der Waals surface area contributed by atoms with Crippen molar-refractivity contribution in [3.63, 3.8) is 0 Å². The van der Waals surface area contributed by atoms with Crippen LogP contribution in [0, 0.1) is 0 Å². The monoisotopic (exact) mass is 338 g/mol. The Morgan fingerprint density at radius 2 is 1.67 bits per heavy atom. The minimum atomic E-state index is -0.634. The van der Waals surface area contributed by atoms with Crippen LogP contribution in [0.2, 0.25) is 5.02 Å². The molecule has 1 aliphatic rings. The summed E-state index contributed by atoms with van der Waals surface area (Å²) >= 11 is 5.85. The molecule has 24 heavy (non-hydrogen) atoms. The lowest BCUT2D eigenvalue weighted by Crippen LogP contribution is -2.20. The van der Waals surface area contributed by atoms with Gasteiger partial charge in [-0.15, -0.1) is 0 Å². The van der Waals surface area contributed by atoms with E-state index >= 15 is 0 Å². The van der Waals surface area contributed by atoms with Crippen LogP contribution < -0.4 is 5.32 Å². The fraction of sp³-hybridized carbons (Fsp3) is 0.0556. The zero-order valence-electron chi connectivity index (χ0n) is 12.4. The molecule has 0 amide bonds. The van der Waals surface area contributed by atoms with Crippen LogP contribution >= 0.6 is 11.6 Å². The van der Waals surface area contributed by atoms with Gasteiger partial charge in [-0.25, -0.2) is 4.98 Å². The first kappa shape index (κ1) is 14.7. The van der Waals surface area contributed by atoms with Gasteiger partial charge in [0.25, 0.3) is 5.78 Å². The van der Waals surface area contributed by atoms with Crippen molar-refractivity contribution < 1.29 is 14.0 Å². The van der Waals surface area contributed by atoms with Crippen LogP contribution in [0.4, 0.5) is 5.69 Å². The topological polar surface area (TPSA) is 72.2 Å². The Bertz CT molecular complexity index is 961. The van der Waals surface area contributed by atoms with E-state index in [1.807, 2.05) is 12.1 Å². The third-order valence-corrected chi connectivity index (χ3v) is 4.05. The van der Waals surface area contributed by atoms with Crippen LogP contribution in [0.15, 0.2) is 52.9 Å². The molecule has 0 saturated carbocycles. The molecule has 0 fully saturated rings. The molecule has 1 aromatic heterocycles. The lowest BCUT2D eigenvalue weighted by atomic mass is 9.91. The van der Waals surface area contributed by atoms with Gasteiger partial charge in [-0.05, 0) is 24.3 Å². The van der Waals surface area contributed by atoms with E-state index in [2.05, 4.69) is 10.3 Å². The first-order valence-electron chi connectivity index (χ1n) is 7.31. The van der Waals surface area contributed by atoms with Crippen LogP contribution in [0.3, 0.4) is 0 Å². The lowest BCUT2D eigenvalue weighted by Gasteiger charge is -2.10. The summed E-state index contributed by atoms with van der Waals surface area (Å²) in [4.78, 5) is 28.5. The molecule has 0 radical (unpaired) electrons. The molecule has 1 aliphatic carbocycles. The fourth-order valence-corrected chi connectivity index (χ4v) is 2.76. The van der Waals surface area contributed by atoms with Gasteiger partial charge in [0, 0.05) is 21.8 Å². The molecule has 0 atom stereocenters. The highest BCUT2D eigenvalue weighted by Crippen LogP contribution is 2.34. The second kappa shape index (κ2) is 5.62. The number of nitrogens with one attached hydrogen (secondary N) is 1. The summed E-state index contributed by atoms with van der Waals surface area (Å²) in [6.45, 7) is 0.290. The first-order chi connectivity index (χ1) is 11.6. The van der Waals surface area contributed by atoms with E-state index in [9.17, 15) is 9.59 Å². The van der Waals surface area contributed by atoms with Crippen molar-refractivity contribution in [2.75, 3.05) is 5.32 Å². The summed E-state index contributed by atoms with van der Waals surface area (Å²) in [7, 11) is 0. The van der Waals surface area contributed by atoms with Gasteiger partial charge in [-0.2, -0.15) is 0 Å². The van der Waals surface area contributed by atoms with Gasteiger partial charge in [0.15, 0.2) is 11.5 Å². The predicted octanol–water partition coefficient (Wildman–Crippen LogP) is 3.99. The summed E-state index contributed by atoms with van der Waals surface area (Å²) in [5.74, 6) is -0.496. The third kappa shape index (κ3) is 2.39. The van der Waals surface area contributed by atoms with Crippen LogP contribution in [0.1, 0.15) is 26.7 Å². The van der Waals surface area contributed by atoms with Gasteiger partial charge in [-0.1, -0.05) is 35.9 Å². The summed E-state index contributed by atoms with van der Waals surface area (Å²) in [5, 5.41) is 3.78. The highest BCUT2D eigenvalue weighted by atomic mass is 35.5. The average molecular weight is 339 g/mol. The van der Waals surface area contributed by atoms with Gasteiger partial charge < -0.3 is 9.73 Å². The van der Waals surface area contributed by atoms with E-state index in [-0.39, 0.29) is 12.2 Å². The van der Waals surface area contributed by atoms with Crippen molar-refractivity contribution in [1.82, 2.24) is 4.98 Å². The zero-order chi connectivity index (χ0) is 16.7. The number of ketones is 2. The summed E-state index contributed by atoms with van der Waals surface area (Å²) < 4.78 is 5.72. The van der Waals surface area contributed by atoms with E-state index in [1.165, 1.54) is 0 Å². The smallest absolute Gasteiger partial charge is 0.255 e. The number of rotatable bonds is 3. The Labute approximate surface area is 142 Å². The second-order valence-corrected chi connectivity index (χ2v) is 5.79. The number of oxazole rings is 1. The average Bonchev–Trinajstić information content (AvgIpc) is 3.04. The molecular formula is C18H11ClN2O3. The van der Waals surface area contributed by atoms with Gasteiger partial charge in [0.05, 0.1) is 6.54 Å². The van der Waals surface area contributed by atoms with Gasteiger partial charge >= 0.3 is 0 Å². The number of benzene rings is 2.